The molecule has 1 fully saturated rings. The molecule has 0 aliphatic carbocycles. The van der Waals surface area contributed by atoms with Gasteiger partial charge in [-0.3, -0.25) is 4.79 Å². The molecule has 1 aromatic carbocycles. The largest absolute Gasteiger partial charge is 0.341 e. The first-order valence-electron chi connectivity index (χ1n) is 6.80. The summed E-state index contributed by atoms with van der Waals surface area (Å²) in [4.78, 5) is 14.2. The molecule has 1 aliphatic rings. The zero-order chi connectivity index (χ0) is 13.2. The number of benzene rings is 1. The Morgan fingerprint density at radius 1 is 1.32 bits per heavy atom. The normalized spacial score (nSPS) is 17.0. The lowest BCUT2D eigenvalue weighted by Crippen LogP contribution is -2.39. The van der Waals surface area contributed by atoms with Crippen LogP contribution in [-0.2, 0) is 11.3 Å². The fraction of sp³-hybridized carbons (Fsp3) is 0.500. The number of piperidine rings is 1. The Morgan fingerprint density at radius 3 is 2.84 bits per heavy atom. The van der Waals surface area contributed by atoms with Gasteiger partial charge in [-0.15, -0.1) is 5.10 Å². The van der Waals surface area contributed by atoms with Crippen molar-refractivity contribution in [3.05, 3.63) is 24.3 Å². The van der Waals surface area contributed by atoms with E-state index < -0.39 is 0 Å². The Balaban J connectivity index is 1.72. The zero-order valence-electron chi connectivity index (χ0n) is 11.1. The van der Waals surface area contributed by atoms with E-state index in [9.17, 15) is 4.79 Å². The third-order valence-electron chi connectivity index (χ3n) is 3.84. The van der Waals surface area contributed by atoms with Crippen molar-refractivity contribution in [2.75, 3.05) is 13.1 Å². The molecule has 1 aromatic heterocycles. The molecular formula is C14H18N4O. The van der Waals surface area contributed by atoms with E-state index in [4.69, 9.17) is 0 Å². The van der Waals surface area contributed by atoms with Gasteiger partial charge < -0.3 is 4.90 Å². The van der Waals surface area contributed by atoms with Gasteiger partial charge in [-0.1, -0.05) is 24.3 Å². The Labute approximate surface area is 112 Å². The third-order valence-corrected chi connectivity index (χ3v) is 3.84. The SMILES string of the molecule is CC1CCN(C(=O)Cn2nnc3ccccc32)CC1. The second-order valence-corrected chi connectivity index (χ2v) is 5.30. The van der Waals surface area contributed by atoms with Crippen molar-refractivity contribution in [1.82, 2.24) is 19.9 Å². The summed E-state index contributed by atoms with van der Waals surface area (Å²) in [5.74, 6) is 0.874. The van der Waals surface area contributed by atoms with Gasteiger partial charge in [0.2, 0.25) is 5.91 Å². The number of nitrogens with zero attached hydrogens (tertiary/aromatic N) is 4. The first-order chi connectivity index (χ1) is 9.24. The number of likely N-dealkylation sites (tertiary alicyclic amines) is 1. The minimum absolute atomic E-state index is 0.141. The summed E-state index contributed by atoms with van der Waals surface area (Å²) in [5, 5.41) is 8.14. The molecule has 1 aliphatic heterocycles. The Bertz CT molecular complexity index is 584. The van der Waals surface area contributed by atoms with Crippen LogP contribution in [0.2, 0.25) is 0 Å². The van der Waals surface area contributed by atoms with Crippen molar-refractivity contribution >= 4 is 16.9 Å². The van der Waals surface area contributed by atoms with Gasteiger partial charge in [-0.2, -0.15) is 0 Å². The van der Waals surface area contributed by atoms with E-state index in [2.05, 4.69) is 17.2 Å². The van der Waals surface area contributed by atoms with Crippen LogP contribution in [0.15, 0.2) is 24.3 Å². The third kappa shape index (κ3) is 2.45. The lowest BCUT2D eigenvalue weighted by Gasteiger charge is -2.30. The standard InChI is InChI=1S/C14H18N4O/c1-11-6-8-17(9-7-11)14(19)10-18-13-5-3-2-4-12(13)15-16-18/h2-5,11H,6-10H2,1H3. The summed E-state index contributed by atoms with van der Waals surface area (Å²) >= 11 is 0. The van der Waals surface area contributed by atoms with Crippen LogP contribution >= 0.6 is 0 Å². The number of rotatable bonds is 2. The fourth-order valence-electron chi connectivity index (χ4n) is 2.52. The number of hydrogen-bond donors (Lipinski definition) is 0. The molecule has 0 atom stereocenters. The average molecular weight is 258 g/mol. The van der Waals surface area contributed by atoms with E-state index >= 15 is 0 Å². The van der Waals surface area contributed by atoms with E-state index in [1.807, 2.05) is 29.2 Å². The van der Waals surface area contributed by atoms with Crippen molar-refractivity contribution < 1.29 is 4.79 Å². The van der Waals surface area contributed by atoms with E-state index in [1.54, 1.807) is 4.68 Å². The number of para-hydroxylation sites is 1. The minimum atomic E-state index is 0.141. The van der Waals surface area contributed by atoms with Gasteiger partial charge >= 0.3 is 0 Å². The predicted molar refractivity (Wildman–Crippen MR) is 72.5 cm³/mol. The molecule has 0 bridgehead atoms. The van der Waals surface area contributed by atoms with Gasteiger partial charge in [0.05, 0.1) is 5.52 Å². The predicted octanol–water partition coefficient (Wildman–Crippen LogP) is 1.69. The Kier molecular flexibility index (Phi) is 3.19. The Morgan fingerprint density at radius 2 is 2.05 bits per heavy atom. The lowest BCUT2D eigenvalue weighted by molar-refractivity contribution is -0.133. The van der Waals surface area contributed by atoms with Crippen molar-refractivity contribution in [3.8, 4) is 0 Å². The average Bonchev–Trinajstić information content (AvgIpc) is 2.83. The molecule has 0 unspecified atom stereocenters. The van der Waals surface area contributed by atoms with Gasteiger partial charge in [0.15, 0.2) is 0 Å². The smallest absolute Gasteiger partial charge is 0.244 e. The molecule has 100 valence electrons. The summed E-state index contributed by atoms with van der Waals surface area (Å²) in [5.41, 5.74) is 1.75. The van der Waals surface area contributed by atoms with Crippen molar-refractivity contribution in [3.63, 3.8) is 0 Å². The summed E-state index contributed by atoms with van der Waals surface area (Å²) in [6.45, 7) is 4.26. The van der Waals surface area contributed by atoms with Crippen LogP contribution in [0.3, 0.4) is 0 Å². The number of amides is 1. The summed E-state index contributed by atoms with van der Waals surface area (Å²) < 4.78 is 1.69. The van der Waals surface area contributed by atoms with Crippen LogP contribution in [0, 0.1) is 5.92 Å². The highest BCUT2D eigenvalue weighted by atomic mass is 16.2. The fourth-order valence-corrected chi connectivity index (χ4v) is 2.52. The van der Waals surface area contributed by atoms with E-state index in [0.717, 1.165) is 42.9 Å². The second-order valence-electron chi connectivity index (χ2n) is 5.30. The highest BCUT2D eigenvalue weighted by Gasteiger charge is 2.21. The first-order valence-corrected chi connectivity index (χ1v) is 6.80. The second kappa shape index (κ2) is 4.99. The number of aromatic nitrogens is 3. The van der Waals surface area contributed by atoms with Crippen molar-refractivity contribution in [2.45, 2.75) is 26.3 Å². The first kappa shape index (κ1) is 12.1. The highest BCUT2D eigenvalue weighted by molar-refractivity contribution is 5.79. The molecule has 0 spiro atoms. The van der Waals surface area contributed by atoms with E-state index in [0.29, 0.717) is 0 Å². The van der Waals surface area contributed by atoms with Crippen LogP contribution in [0.4, 0.5) is 0 Å². The number of hydrogen-bond acceptors (Lipinski definition) is 3. The summed E-state index contributed by atoms with van der Waals surface area (Å²) in [6, 6.07) is 7.72. The summed E-state index contributed by atoms with van der Waals surface area (Å²) in [6.07, 6.45) is 2.20. The monoisotopic (exact) mass is 258 g/mol. The minimum Gasteiger partial charge on any atom is -0.341 e. The van der Waals surface area contributed by atoms with Crippen molar-refractivity contribution in [1.29, 1.82) is 0 Å². The summed E-state index contributed by atoms with van der Waals surface area (Å²) in [7, 11) is 0. The molecule has 1 saturated heterocycles. The van der Waals surface area contributed by atoms with Gasteiger partial charge in [-0.05, 0) is 30.9 Å². The topological polar surface area (TPSA) is 51.0 Å². The molecule has 0 N–H and O–H groups in total. The van der Waals surface area contributed by atoms with Gasteiger partial charge in [0, 0.05) is 13.1 Å². The molecular weight excluding hydrogens is 240 g/mol. The maximum atomic E-state index is 12.3. The molecule has 0 radical (unpaired) electrons. The van der Waals surface area contributed by atoms with Crippen molar-refractivity contribution in [2.24, 2.45) is 5.92 Å². The maximum absolute atomic E-state index is 12.3. The Hall–Kier alpha value is -1.91. The van der Waals surface area contributed by atoms with Gasteiger partial charge in [-0.25, -0.2) is 4.68 Å². The molecule has 2 heterocycles. The number of carbonyl (C=O) groups is 1. The number of fused-ring (bicyclic) bond motifs is 1. The van der Waals surface area contributed by atoms with Gasteiger partial charge in [0.25, 0.3) is 0 Å². The van der Waals surface area contributed by atoms with Crippen LogP contribution < -0.4 is 0 Å². The number of carbonyl (C=O) groups excluding carboxylic acids is 1. The molecule has 19 heavy (non-hydrogen) atoms. The van der Waals surface area contributed by atoms with Crippen LogP contribution in [0.25, 0.3) is 11.0 Å². The molecule has 5 heteroatoms. The molecule has 0 saturated carbocycles. The molecule has 3 rings (SSSR count). The van der Waals surface area contributed by atoms with Crippen LogP contribution in [0.1, 0.15) is 19.8 Å². The molecule has 5 nitrogen and oxygen atoms in total. The van der Waals surface area contributed by atoms with Gasteiger partial charge in [0.1, 0.15) is 12.1 Å². The maximum Gasteiger partial charge on any atom is 0.244 e. The lowest BCUT2D eigenvalue weighted by atomic mass is 9.99. The highest BCUT2D eigenvalue weighted by Crippen LogP contribution is 2.17. The zero-order valence-corrected chi connectivity index (χ0v) is 11.1. The van der Waals surface area contributed by atoms with E-state index in [-0.39, 0.29) is 12.5 Å². The van der Waals surface area contributed by atoms with Crippen LogP contribution in [-0.4, -0.2) is 38.9 Å². The molecule has 1 amide bonds. The quantitative estimate of drug-likeness (QED) is 0.823. The van der Waals surface area contributed by atoms with Crippen LogP contribution in [0.5, 0.6) is 0 Å². The molecule has 2 aromatic rings. The van der Waals surface area contributed by atoms with E-state index in [1.165, 1.54) is 0 Å².